The summed E-state index contributed by atoms with van der Waals surface area (Å²) in [7, 11) is 3.06. The Morgan fingerprint density at radius 1 is 0.722 bits per heavy atom. The quantitative estimate of drug-likeness (QED) is 0.427. The van der Waals surface area contributed by atoms with Gasteiger partial charge in [-0.05, 0) is 24.3 Å². The molecule has 1 fully saturated rings. The third-order valence-corrected chi connectivity index (χ3v) is 5.78. The fourth-order valence-corrected chi connectivity index (χ4v) is 3.75. The molecule has 2 aromatic carbocycles. The molecule has 2 aromatic rings. The molecule has 2 atom stereocenters. The largest absolute Gasteiger partial charge is 0.497 e. The molecule has 0 bridgehead atoms. The van der Waals surface area contributed by atoms with Crippen molar-refractivity contribution < 1.29 is 38.0 Å². The Kier molecular flexibility index (Phi) is 9.60. The molecule has 1 heterocycles. The first-order valence-electron chi connectivity index (χ1n) is 11.1. The Hall–Kier alpha value is -3.24. The number of amides is 2. The predicted molar refractivity (Wildman–Crippen MR) is 132 cm³/mol. The molecular weight excluding hydrogens is 515 g/mol. The smallest absolute Gasteiger partial charge is 0.412 e. The van der Waals surface area contributed by atoms with Crippen molar-refractivity contribution in [3.8, 4) is 23.0 Å². The van der Waals surface area contributed by atoms with Crippen LogP contribution >= 0.6 is 23.2 Å². The van der Waals surface area contributed by atoms with E-state index in [0.717, 1.165) is 0 Å². The van der Waals surface area contributed by atoms with E-state index < -0.39 is 24.8 Å². The normalized spacial score (nSPS) is 14.9. The van der Waals surface area contributed by atoms with Gasteiger partial charge in [-0.15, -0.1) is 0 Å². The van der Waals surface area contributed by atoms with Crippen LogP contribution in [0.5, 0.6) is 23.0 Å². The van der Waals surface area contributed by atoms with Gasteiger partial charge in [-0.25, -0.2) is 9.59 Å². The van der Waals surface area contributed by atoms with Gasteiger partial charge in [-0.1, -0.05) is 23.2 Å². The summed E-state index contributed by atoms with van der Waals surface area (Å²) in [6.45, 7) is 4.24. The third kappa shape index (κ3) is 7.38. The lowest BCUT2D eigenvalue weighted by molar-refractivity contribution is -0.0479. The zero-order valence-electron chi connectivity index (χ0n) is 20.4. The summed E-state index contributed by atoms with van der Waals surface area (Å²) >= 11 is 12.3. The van der Waals surface area contributed by atoms with E-state index in [1.165, 1.54) is 24.0 Å². The van der Waals surface area contributed by atoms with Crippen LogP contribution in [0.4, 0.5) is 9.59 Å². The zero-order valence-corrected chi connectivity index (χ0v) is 21.9. The lowest BCUT2D eigenvalue weighted by Gasteiger charge is -2.34. The van der Waals surface area contributed by atoms with Crippen molar-refractivity contribution in [3.05, 3.63) is 46.4 Å². The molecule has 10 nitrogen and oxygen atoms in total. The molecule has 196 valence electrons. The standard InChI is InChI=1S/C24H28Cl2N2O8/c1-15(33-21-7-5-17(31-3)13-19(21)25)35-23(29)27-9-11-28(12-10-27)24(30)36-16(2)34-22-8-6-18(32-4)14-20(22)26/h5-8,13-16H,9-12H2,1-4H3/t15-,16-/m1/s1. The molecule has 0 aromatic heterocycles. The molecule has 1 aliphatic heterocycles. The molecule has 36 heavy (non-hydrogen) atoms. The van der Waals surface area contributed by atoms with Gasteiger partial charge in [0.05, 0.1) is 24.3 Å². The molecule has 12 heteroatoms. The predicted octanol–water partition coefficient (Wildman–Crippen LogP) is 5.05. The van der Waals surface area contributed by atoms with Gasteiger partial charge in [0.1, 0.15) is 23.0 Å². The number of rotatable bonds is 8. The van der Waals surface area contributed by atoms with Crippen LogP contribution in [0.3, 0.4) is 0 Å². The Labute approximate surface area is 219 Å². The molecule has 0 N–H and O–H groups in total. The lowest BCUT2D eigenvalue weighted by atomic mass is 10.3. The van der Waals surface area contributed by atoms with Gasteiger partial charge in [-0.2, -0.15) is 0 Å². The number of piperazine rings is 1. The van der Waals surface area contributed by atoms with Crippen LogP contribution in [0, 0.1) is 0 Å². The maximum atomic E-state index is 12.5. The topological polar surface area (TPSA) is 96.0 Å². The van der Waals surface area contributed by atoms with Crippen LogP contribution in [0.1, 0.15) is 13.8 Å². The highest BCUT2D eigenvalue weighted by atomic mass is 35.5. The molecule has 0 unspecified atom stereocenters. The number of hydrogen-bond donors (Lipinski definition) is 0. The zero-order chi connectivity index (χ0) is 26.2. The van der Waals surface area contributed by atoms with E-state index in [2.05, 4.69) is 0 Å². The van der Waals surface area contributed by atoms with Crippen molar-refractivity contribution in [2.75, 3.05) is 40.4 Å². The summed E-state index contributed by atoms with van der Waals surface area (Å²) in [5.74, 6) is 1.88. The van der Waals surface area contributed by atoms with Crippen molar-refractivity contribution >= 4 is 35.4 Å². The first-order valence-corrected chi connectivity index (χ1v) is 11.9. The van der Waals surface area contributed by atoms with Crippen molar-refractivity contribution in [2.24, 2.45) is 0 Å². The Morgan fingerprint density at radius 2 is 1.08 bits per heavy atom. The van der Waals surface area contributed by atoms with Crippen LogP contribution in [-0.2, 0) is 9.47 Å². The van der Waals surface area contributed by atoms with Crippen LogP contribution < -0.4 is 18.9 Å². The minimum Gasteiger partial charge on any atom is -0.497 e. The fraction of sp³-hybridized carbons (Fsp3) is 0.417. The number of ether oxygens (including phenoxy) is 6. The molecule has 0 saturated carbocycles. The summed E-state index contributed by atoms with van der Waals surface area (Å²) in [5, 5.41) is 0.661. The summed E-state index contributed by atoms with van der Waals surface area (Å²) in [5.41, 5.74) is 0. The molecule has 2 amide bonds. The first-order chi connectivity index (χ1) is 17.2. The van der Waals surface area contributed by atoms with Crippen molar-refractivity contribution in [1.82, 2.24) is 9.80 Å². The first kappa shape index (κ1) is 27.3. The molecule has 3 rings (SSSR count). The number of benzene rings is 2. The summed E-state index contributed by atoms with van der Waals surface area (Å²) in [6.07, 6.45) is -2.89. The van der Waals surface area contributed by atoms with Crippen molar-refractivity contribution in [1.29, 1.82) is 0 Å². The van der Waals surface area contributed by atoms with E-state index in [-0.39, 0.29) is 26.2 Å². The number of nitrogens with zero attached hydrogens (tertiary/aromatic N) is 2. The number of carbonyl (C=O) groups excluding carboxylic acids is 2. The van der Waals surface area contributed by atoms with Crippen LogP contribution in [0.2, 0.25) is 10.0 Å². The van der Waals surface area contributed by atoms with Gasteiger partial charge in [0, 0.05) is 52.2 Å². The fourth-order valence-electron chi connectivity index (χ4n) is 3.32. The third-order valence-electron chi connectivity index (χ3n) is 5.19. The second-order valence-electron chi connectivity index (χ2n) is 7.71. The second-order valence-corrected chi connectivity index (χ2v) is 8.52. The highest BCUT2D eigenvalue weighted by Gasteiger charge is 2.28. The van der Waals surface area contributed by atoms with Gasteiger partial charge in [0.25, 0.3) is 0 Å². The average molecular weight is 543 g/mol. The maximum absolute atomic E-state index is 12.5. The Balaban J connectivity index is 1.42. The SMILES string of the molecule is COc1ccc(O[C@@H](C)OC(=O)N2CCN(C(=O)O[C@H](C)Oc3ccc(OC)cc3Cl)CC2)c(Cl)c1. The van der Waals surface area contributed by atoms with E-state index in [9.17, 15) is 9.59 Å². The van der Waals surface area contributed by atoms with E-state index in [0.29, 0.717) is 33.0 Å². The van der Waals surface area contributed by atoms with E-state index in [4.69, 9.17) is 51.6 Å². The van der Waals surface area contributed by atoms with Gasteiger partial charge in [-0.3, -0.25) is 0 Å². The molecule has 0 radical (unpaired) electrons. The Morgan fingerprint density at radius 3 is 1.39 bits per heavy atom. The minimum atomic E-state index is -0.880. The van der Waals surface area contributed by atoms with Gasteiger partial charge >= 0.3 is 12.2 Å². The highest BCUT2D eigenvalue weighted by molar-refractivity contribution is 6.32. The lowest BCUT2D eigenvalue weighted by Crippen LogP contribution is -2.51. The molecular formula is C24H28Cl2N2O8. The van der Waals surface area contributed by atoms with E-state index in [1.807, 2.05) is 0 Å². The highest BCUT2D eigenvalue weighted by Crippen LogP contribution is 2.30. The van der Waals surface area contributed by atoms with Gasteiger partial charge in [0.2, 0.25) is 12.6 Å². The number of halogens is 2. The van der Waals surface area contributed by atoms with Crippen LogP contribution in [-0.4, -0.2) is 75.0 Å². The van der Waals surface area contributed by atoms with E-state index >= 15 is 0 Å². The van der Waals surface area contributed by atoms with E-state index in [1.54, 1.807) is 50.2 Å². The van der Waals surface area contributed by atoms with Crippen molar-refractivity contribution in [2.45, 2.75) is 26.4 Å². The summed E-state index contributed by atoms with van der Waals surface area (Å²) in [4.78, 5) is 28.0. The number of carbonyl (C=O) groups is 2. The minimum absolute atomic E-state index is 0.267. The second kappa shape index (κ2) is 12.6. The summed E-state index contributed by atoms with van der Waals surface area (Å²) < 4.78 is 32.1. The summed E-state index contributed by atoms with van der Waals surface area (Å²) in [6, 6.07) is 9.83. The van der Waals surface area contributed by atoms with Crippen molar-refractivity contribution in [3.63, 3.8) is 0 Å². The molecule has 1 aliphatic rings. The molecule has 0 aliphatic carbocycles. The van der Waals surface area contributed by atoms with Gasteiger partial charge < -0.3 is 38.2 Å². The number of hydrogen-bond acceptors (Lipinski definition) is 8. The molecule has 1 saturated heterocycles. The van der Waals surface area contributed by atoms with Crippen LogP contribution in [0.15, 0.2) is 36.4 Å². The van der Waals surface area contributed by atoms with Gasteiger partial charge in [0.15, 0.2) is 0 Å². The number of methoxy groups -OCH3 is 2. The molecule has 0 spiro atoms. The maximum Gasteiger partial charge on any atom is 0.412 e. The monoisotopic (exact) mass is 542 g/mol. The average Bonchev–Trinajstić information content (AvgIpc) is 2.86. The van der Waals surface area contributed by atoms with Crippen LogP contribution in [0.25, 0.3) is 0 Å². The Bertz CT molecular complexity index is 979.